The van der Waals surface area contributed by atoms with E-state index in [-0.39, 0.29) is 11.4 Å². The summed E-state index contributed by atoms with van der Waals surface area (Å²) in [6.07, 6.45) is 9.30. The molecule has 4 heteroatoms. The van der Waals surface area contributed by atoms with Crippen LogP contribution in [0.25, 0.3) is 0 Å². The van der Waals surface area contributed by atoms with E-state index < -0.39 is 0 Å². The summed E-state index contributed by atoms with van der Waals surface area (Å²) in [7, 11) is 4.31. The largest absolute Gasteiger partial charge is 0.381 e. The van der Waals surface area contributed by atoms with Gasteiger partial charge in [-0.1, -0.05) is 25.7 Å². The van der Waals surface area contributed by atoms with Crippen molar-refractivity contribution >= 4 is 5.91 Å². The molecule has 1 aliphatic carbocycles. The minimum Gasteiger partial charge on any atom is -0.381 e. The lowest BCUT2D eigenvalue weighted by molar-refractivity contribution is -0.122. The number of carbonyl (C=O) groups is 1. The minimum absolute atomic E-state index is 0.165. The first-order valence-corrected chi connectivity index (χ1v) is 8.14. The lowest BCUT2D eigenvalue weighted by Gasteiger charge is -2.39. The van der Waals surface area contributed by atoms with Crippen LogP contribution in [0, 0.1) is 5.92 Å². The fraction of sp³-hybridized carbons (Fsp3) is 0.938. The van der Waals surface area contributed by atoms with Crippen molar-refractivity contribution in [3.63, 3.8) is 0 Å². The number of hydrogen-bond acceptors (Lipinski definition) is 3. The zero-order chi connectivity index (χ0) is 14.4. The second kappa shape index (κ2) is 7.41. The predicted octanol–water partition coefficient (Wildman–Crippen LogP) is 2.18. The van der Waals surface area contributed by atoms with Gasteiger partial charge in [0.2, 0.25) is 5.91 Å². The summed E-state index contributed by atoms with van der Waals surface area (Å²) in [6, 6.07) is 0. The molecule has 1 atom stereocenters. The summed E-state index contributed by atoms with van der Waals surface area (Å²) in [4.78, 5) is 14.4. The number of nitrogens with one attached hydrogen (secondary N) is 1. The summed E-state index contributed by atoms with van der Waals surface area (Å²) in [5.41, 5.74) is 0.165. The van der Waals surface area contributed by atoms with Crippen molar-refractivity contribution in [1.29, 1.82) is 0 Å². The third-order valence-corrected chi connectivity index (χ3v) is 5.10. The number of hydrogen-bond donors (Lipinski definition) is 1. The number of ether oxygens (including phenoxy) is 1. The van der Waals surface area contributed by atoms with Crippen molar-refractivity contribution in [3.8, 4) is 0 Å². The van der Waals surface area contributed by atoms with Crippen LogP contribution in [0.3, 0.4) is 0 Å². The smallest absolute Gasteiger partial charge is 0.220 e. The Morgan fingerprint density at radius 2 is 1.95 bits per heavy atom. The summed E-state index contributed by atoms with van der Waals surface area (Å²) in [5, 5.41) is 3.19. The molecule has 0 radical (unpaired) electrons. The highest BCUT2D eigenvalue weighted by Gasteiger charge is 2.33. The minimum atomic E-state index is 0.165. The van der Waals surface area contributed by atoms with Crippen LogP contribution in [-0.2, 0) is 9.53 Å². The molecular weight excluding hydrogens is 252 g/mol. The van der Waals surface area contributed by atoms with Gasteiger partial charge in [-0.15, -0.1) is 0 Å². The molecule has 0 aromatic rings. The number of rotatable bonds is 5. The highest BCUT2D eigenvalue weighted by Crippen LogP contribution is 2.30. The Morgan fingerprint density at radius 3 is 2.50 bits per heavy atom. The van der Waals surface area contributed by atoms with Gasteiger partial charge in [0.1, 0.15) is 0 Å². The Hall–Kier alpha value is -0.610. The van der Waals surface area contributed by atoms with Gasteiger partial charge in [-0.05, 0) is 39.3 Å². The number of amides is 1. The Kier molecular flexibility index (Phi) is 5.85. The van der Waals surface area contributed by atoms with Gasteiger partial charge in [0, 0.05) is 31.7 Å². The molecule has 116 valence electrons. The first-order valence-electron chi connectivity index (χ1n) is 8.14. The fourth-order valence-electron chi connectivity index (χ4n) is 3.51. The molecule has 0 unspecified atom stereocenters. The first-order chi connectivity index (χ1) is 9.62. The maximum Gasteiger partial charge on any atom is 0.220 e. The number of nitrogens with zero attached hydrogens (tertiary/aromatic N) is 1. The molecule has 0 aromatic carbocycles. The van der Waals surface area contributed by atoms with E-state index in [4.69, 9.17) is 4.74 Å². The standard InChI is InChI=1S/C16H30N2O2/c1-18(2)16(8-5-3-4-6-9-16)13-17-15(19)11-14-7-10-20-12-14/h14H,3-13H2,1-2H3,(H,17,19)/t14-/m0/s1. The molecule has 1 amide bonds. The third kappa shape index (κ3) is 4.19. The number of likely N-dealkylation sites (N-methyl/N-ethyl adjacent to an activating group) is 1. The topological polar surface area (TPSA) is 41.6 Å². The van der Waals surface area contributed by atoms with Gasteiger partial charge >= 0.3 is 0 Å². The van der Waals surface area contributed by atoms with Crippen LogP contribution < -0.4 is 5.32 Å². The Labute approximate surface area is 123 Å². The molecule has 0 spiro atoms. The average molecular weight is 282 g/mol. The van der Waals surface area contributed by atoms with Gasteiger partial charge in [-0.25, -0.2) is 0 Å². The molecular formula is C16H30N2O2. The zero-order valence-corrected chi connectivity index (χ0v) is 13.1. The van der Waals surface area contributed by atoms with Crippen molar-refractivity contribution in [2.45, 2.75) is 56.9 Å². The molecule has 2 aliphatic rings. The van der Waals surface area contributed by atoms with Crippen LogP contribution in [0.2, 0.25) is 0 Å². The molecule has 1 saturated carbocycles. The Morgan fingerprint density at radius 1 is 1.25 bits per heavy atom. The molecule has 1 N–H and O–H groups in total. The van der Waals surface area contributed by atoms with Gasteiger partial charge in [-0.3, -0.25) is 4.79 Å². The third-order valence-electron chi connectivity index (χ3n) is 5.10. The van der Waals surface area contributed by atoms with Crippen molar-refractivity contribution < 1.29 is 9.53 Å². The summed E-state index contributed by atoms with van der Waals surface area (Å²) in [6.45, 7) is 2.37. The SMILES string of the molecule is CN(C)C1(CNC(=O)C[C@@H]2CCOC2)CCCCCC1. The molecule has 1 saturated heterocycles. The van der Waals surface area contributed by atoms with E-state index in [0.29, 0.717) is 12.3 Å². The average Bonchev–Trinajstić information content (AvgIpc) is 2.79. The van der Waals surface area contributed by atoms with Crippen molar-refractivity contribution in [1.82, 2.24) is 10.2 Å². The molecule has 2 fully saturated rings. The van der Waals surface area contributed by atoms with E-state index in [9.17, 15) is 4.79 Å². The van der Waals surface area contributed by atoms with Crippen LogP contribution in [0.4, 0.5) is 0 Å². The molecule has 1 heterocycles. The van der Waals surface area contributed by atoms with Gasteiger partial charge in [0.15, 0.2) is 0 Å². The molecule has 20 heavy (non-hydrogen) atoms. The van der Waals surface area contributed by atoms with E-state index >= 15 is 0 Å². The van der Waals surface area contributed by atoms with Crippen LogP contribution in [0.1, 0.15) is 51.4 Å². The zero-order valence-electron chi connectivity index (χ0n) is 13.1. The van der Waals surface area contributed by atoms with Crippen LogP contribution in [0.15, 0.2) is 0 Å². The van der Waals surface area contributed by atoms with Crippen LogP contribution >= 0.6 is 0 Å². The summed E-state index contributed by atoms with van der Waals surface area (Å²) < 4.78 is 5.34. The van der Waals surface area contributed by atoms with Gasteiger partial charge in [0.05, 0.1) is 0 Å². The van der Waals surface area contributed by atoms with E-state index in [1.54, 1.807) is 0 Å². The van der Waals surface area contributed by atoms with Crippen LogP contribution in [-0.4, -0.2) is 50.2 Å². The van der Waals surface area contributed by atoms with Gasteiger partial charge < -0.3 is 15.0 Å². The van der Waals surface area contributed by atoms with Crippen molar-refractivity contribution in [3.05, 3.63) is 0 Å². The van der Waals surface area contributed by atoms with Gasteiger partial charge in [0.25, 0.3) is 0 Å². The normalized spacial score (nSPS) is 26.4. The van der Waals surface area contributed by atoms with E-state index in [2.05, 4.69) is 24.3 Å². The predicted molar refractivity (Wildman–Crippen MR) is 80.7 cm³/mol. The second-order valence-corrected chi connectivity index (χ2v) is 6.74. The van der Waals surface area contributed by atoms with Crippen molar-refractivity contribution in [2.24, 2.45) is 5.92 Å². The molecule has 1 aliphatic heterocycles. The fourth-order valence-corrected chi connectivity index (χ4v) is 3.51. The molecule has 2 rings (SSSR count). The van der Waals surface area contributed by atoms with Crippen molar-refractivity contribution in [2.75, 3.05) is 33.9 Å². The van der Waals surface area contributed by atoms with E-state index in [1.165, 1.54) is 38.5 Å². The maximum absolute atomic E-state index is 12.1. The van der Waals surface area contributed by atoms with E-state index in [0.717, 1.165) is 26.2 Å². The summed E-state index contributed by atoms with van der Waals surface area (Å²) in [5.74, 6) is 0.630. The highest BCUT2D eigenvalue weighted by molar-refractivity contribution is 5.76. The van der Waals surface area contributed by atoms with Gasteiger partial charge in [-0.2, -0.15) is 0 Å². The second-order valence-electron chi connectivity index (χ2n) is 6.74. The molecule has 0 bridgehead atoms. The monoisotopic (exact) mass is 282 g/mol. The summed E-state index contributed by atoms with van der Waals surface area (Å²) >= 11 is 0. The molecule has 0 aromatic heterocycles. The molecule has 4 nitrogen and oxygen atoms in total. The van der Waals surface area contributed by atoms with E-state index in [1.807, 2.05) is 0 Å². The first kappa shape index (κ1) is 15.8. The Bertz CT molecular complexity index is 304. The lowest BCUT2D eigenvalue weighted by atomic mass is 9.88. The van der Waals surface area contributed by atoms with Crippen LogP contribution in [0.5, 0.6) is 0 Å². The highest BCUT2D eigenvalue weighted by atomic mass is 16.5. The lowest BCUT2D eigenvalue weighted by Crippen LogP contribution is -2.52. The quantitative estimate of drug-likeness (QED) is 0.786. The maximum atomic E-state index is 12.1. The Balaban J connectivity index is 1.83. The number of carbonyl (C=O) groups excluding carboxylic acids is 1.